The van der Waals surface area contributed by atoms with Crippen LogP contribution < -0.4 is 10.6 Å². The predicted octanol–water partition coefficient (Wildman–Crippen LogP) is 4.20. The van der Waals surface area contributed by atoms with E-state index in [-0.39, 0.29) is 5.54 Å². The van der Waals surface area contributed by atoms with E-state index in [2.05, 4.69) is 24.8 Å². The first-order valence-electron chi connectivity index (χ1n) is 10.1. The molecule has 0 spiro atoms. The molecule has 8 heteroatoms. The van der Waals surface area contributed by atoms with Crippen LogP contribution in [0.5, 0.6) is 0 Å². The van der Waals surface area contributed by atoms with Gasteiger partial charge in [-0.15, -0.1) is 0 Å². The number of hydrogen-bond acceptors (Lipinski definition) is 5. The summed E-state index contributed by atoms with van der Waals surface area (Å²) in [6.45, 7) is 5.36. The van der Waals surface area contributed by atoms with Crippen molar-refractivity contribution >= 4 is 16.9 Å². The monoisotopic (exact) mass is 420 g/mol. The third-order valence-corrected chi connectivity index (χ3v) is 5.82. The molecule has 1 saturated heterocycles. The summed E-state index contributed by atoms with van der Waals surface area (Å²) < 4.78 is 27.6. The Morgan fingerprint density at radius 2 is 1.94 bits per heavy atom. The van der Waals surface area contributed by atoms with E-state index in [4.69, 9.17) is 5.73 Å². The van der Waals surface area contributed by atoms with Gasteiger partial charge < -0.3 is 15.6 Å². The normalized spacial score (nSPS) is 18.8. The first kappa shape index (κ1) is 19.6. The molecule has 5 rings (SSSR count). The van der Waals surface area contributed by atoms with Gasteiger partial charge in [-0.25, -0.2) is 18.7 Å². The summed E-state index contributed by atoms with van der Waals surface area (Å²) in [5.74, 6) is -1.17. The average Bonchev–Trinajstić information content (AvgIpc) is 3.33. The summed E-state index contributed by atoms with van der Waals surface area (Å²) in [6.07, 6.45) is 5.94. The number of halogens is 2. The second-order valence-electron chi connectivity index (χ2n) is 8.45. The van der Waals surface area contributed by atoms with Crippen molar-refractivity contribution in [2.45, 2.75) is 25.8 Å². The van der Waals surface area contributed by atoms with Crippen LogP contribution in [0.4, 0.5) is 14.5 Å². The van der Waals surface area contributed by atoms with E-state index in [0.29, 0.717) is 29.1 Å². The van der Waals surface area contributed by atoms with Gasteiger partial charge in [-0.2, -0.15) is 0 Å². The van der Waals surface area contributed by atoms with Crippen LogP contribution in [0.25, 0.3) is 33.7 Å². The van der Waals surface area contributed by atoms with E-state index in [0.717, 1.165) is 41.4 Å². The lowest BCUT2D eigenvalue weighted by Gasteiger charge is -2.26. The Morgan fingerprint density at radius 3 is 2.65 bits per heavy atom. The van der Waals surface area contributed by atoms with E-state index in [1.54, 1.807) is 24.7 Å². The van der Waals surface area contributed by atoms with Gasteiger partial charge in [0, 0.05) is 42.8 Å². The number of H-pyrrole nitrogens is 1. The molecule has 0 saturated carbocycles. The van der Waals surface area contributed by atoms with E-state index >= 15 is 0 Å². The van der Waals surface area contributed by atoms with Crippen LogP contribution in [0, 0.1) is 18.6 Å². The highest BCUT2D eigenvalue weighted by atomic mass is 19.2. The molecule has 4 heterocycles. The second kappa shape index (κ2) is 7.09. The van der Waals surface area contributed by atoms with Crippen molar-refractivity contribution in [1.82, 2.24) is 19.9 Å². The molecule has 1 aromatic carbocycles. The largest absolute Gasteiger partial charge is 0.368 e. The number of pyridine rings is 2. The highest BCUT2D eigenvalue weighted by Gasteiger charge is 2.33. The zero-order valence-corrected chi connectivity index (χ0v) is 17.3. The summed E-state index contributed by atoms with van der Waals surface area (Å²) in [5.41, 5.74) is 11.4. The highest BCUT2D eigenvalue weighted by molar-refractivity contribution is 5.91. The first-order chi connectivity index (χ1) is 14.8. The molecule has 0 unspecified atom stereocenters. The van der Waals surface area contributed by atoms with Crippen LogP contribution >= 0.6 is 0 Å². The number of hydrogen-bond donors (Lipinski definition) is 2. The molecule has 3 N–H and O–H groups in total. The van der Waals surface area contributed by atoms with E-state index in [1.807, 2.05) is 19.9 Å². The van der Waals surface area contributed by atoms with E-state index in [9.17, 15) is 8.78 Å². The Morgan fingerprint density at radius 1 is 1.13 bits per heavy atom. The third kappa shape index (κ3) is 3.42. The maximum atomic E-state index is 14.0. The van der Waals surface area contributed by atoms with Gasteiger partial charge in [0.1, 0.15) is 5.82 Å². The summed E-state index contributed by atoms with van der Waals surface area (Å²) in [5, 5.41) is 0. The van der Waals surface area contributed by atoms with Gasteiger partial charge in [0.15, 0.2) is 17.3 Å². The number of nitrogens with zero attached hydrogens (tertiary/aromatic N) is 4. The number of benzene rings is 1. The molecular formula is C23H22F2N6. The van der Waals surface area contributed by atoms with Crippen molar-refractivity contribution in [1.29, 1.82) is 0 Å². The van der Waals surface area contributed by atoms with Crippen LogP contribution in [0.1, 0.15) is 18.9 Å². The standard InChI is InChI=1S/C23H22F2N6/c1-13-5-7-28-22-19(13)29-21(30-22)16-11-27-10-15(14-3-4-17(24)18(25)9-14)20(16)31-8-6-23(2,26)12-31/h3-5,7,9-11H,6,8,12,26H2,1-2H3,(H,28,29,30)/t23-/m0/s1. The second-order valence-corrected chi connectivity index (χ2v) is 8.45. The maximum absolute atomic E-state index is 14.0. The molecule has 0 radical (unpaired) electrons. The molecule has 6 nitrogen and oxygen atoms in total. The number of nitrogens with two attached hydrogens (primary N) is 1. The van der Waals surface area contributed by atoms with Gasteiger partial charge in [-0.1, -0.05) is 6.07 Å². The van der Waals surface area contributed by atoms with Crippen LogP contribution in [0.3, 0.4) is 0 Å². The number of rotatable bonds is 3. The lowest BCUT2D eigenvalue weighted by atomic mass is 10.0. The van der Waals surface area contributed by atoms with Gasteiger partial charge in [0.05, 0.1) is 16.8 Å². The molecule has 0 amide bonds. The Kier molecular flexibility index (Phi) is 4.48. The zero-order chi connectivity index (χ0) is 21.8. The Hall–Kier alpha value is -3.39. The Labute approximate surface area is 178 Å². The number of aromatic amines is 1. The summed E-state index contributed by atoms with van der Waals surface area (Å²) in [7, 11) is 0. The van der Waals surface area contributed by atoms with E-state index < -0.39 is 11.6 Å². The fourth-order valence-electron chi connectivity index (χ4n) is 4.18. The molecular weight excluding hydrogens is 398 g/mol. The van der Waals surface area contributed by atoms with Crippen LogP contribution in [-0.2, 0) is 0 Å². The molecule has 1 aliphatic rings. The third-order valence-electron chi connectivity index (χ3n) is 5.82. The van der Waals surface area contributed by atoms with Crippen molar-refractivity contribution in [3.05, 3.63) is 60.1 Å². The lowest BCUT2D eigenvalue weighted by molar-refractivity contribution is 0.509. The smallest absolute Gasteiger partial charge is 0.178 e. The summed E-state index contributed by atoms with van der Waals surface area (Å²) >= 11 is 0. The molecule has 158 valence electrons. The predicted molar refractivity (Wildman–Crippen MR) is 117 cm³/mol. The van der Waals surface area contributed by atoms with Gasteiger partial charge >= 0.3 is 0 Å². The van der Waals surface area contributed by atoms with Crippen molar-refractivity contribution in [2.75, 3.05) is 18.0 Å². The number of anilines is 1. The van der Waals surface area contributed by atoms with Crippen LogP contribution in [-0.4, -0.2) is 38.6 Å². The molecule has 3 aromatic heterocycles. The molecule has 0 aliphatic carbocycles. The summed E-state index contributed by atoms with van der Waals surface area (Å²) in [4.78, 5) is 19.0. The molecule has 1 atom stereocenters. The van der Waals surface area contributed by atoms with Crippen molar-refractivity contribution < 1.29 is 8.78 Å². The molecule has 0 bridgehead atoms. The van der Waals surface area contributed by atoms with Gasteiger partial charge in [0.2, 0.25) is 0 Å². The number of aryl methyl sites for hydroxylation is 1. The van der Waals surface area contributed by atoms with Crippen molar-refractivity contribution in [3.8, 4) is 22.5 Å². The number of aromatic nitrogens is 4. The molecule has 4 aromatic rings. The lowest BCUT2D eigenvalue weighted by Crippen LogP contribution is -2.39. The van der Waals surface area contributed by atoms with Gasteiger partial charge in [-0.05, 0) is 49.6 Å². The van der Waals surface area contributed by atoms with Crippen LogP contribution in [0.2, 0.25) is 0 Å². The van der Waals surface area contributed by atoms with Crippen LogP contribution in [0.15, 0.2) is 42.9 Å². The quantitative estimate of drug-likeness (QED) is 0.519. The number of imidazole rings is 1. The zero-order valence-electron chi connectivity index (χ0n) is 17.3. The highest BCUT2D eigenvalue weighted by Crippen LogP contribution is 2.41. The van der Waals surface area contributed by atoms with E-state index in [1.165, 1.54) is 6.07 Å². The van der Waals surface area contributed by atoms with Crippen molar-refractivity contribution in [3.63, 3.8) is 0 Å². The Bertz CT molecular complexity index is 1300. The Balaban J connectivity index is 1.74. The SMILES string of the molecule is Cc1ccnc2nc(-c3cncc(-c4ccc(F)c(F)c4)c3N3CC[C@](C)(N)C3)[nH]c12. The minimum absolute atomic E-state index is 0.349. The minimum Gasteiger partial charge on any atom is -0.368 e. The number of nitrogens with one attached hydrogen (secondary N) is 1. The fourth-order valence-corrected chi connectivity index (χ4v) is 4.18. The first-order valence-corrected chi connectivity index (χ1v) is 10.1. The number of fused-ring (bicyclic) bond motifs is 1. The van der Waals surface area contributed by atoms with Crippen molar-refractivity contribution in [2.24, 2.45) is 5.73 Å². The molecule has 31 heavy (non-hydrogen) atoms. The van der Waals surface area contributed by atoms with Gasteiger partial charge in [-0.3, -0.25) is 4.98 Å². The minimum atomic E-state index is -0.900. The maximum Gasteiger partial charge on any atom is 0.178 e. The fraction of sp³-hybridized carbons (Fsp3) is 0.261. The summed E-state index contributed by atoms with van der Waals surface area (Å²) in [6, 6.07) is 5.81. The topological polar surface area (TPSA) is 83.7 Å². The molecule has 1 fully saturated rings. The molecule has 1 aliphatic heterocycles. The van der Waals surface area contributed by atoms with Gasteiger partial charge in [0.25, 0.3) is 0 Å². The average molecular weight is 420 g/mol.